The van der Waals surface area contributed by atoms with Crippen molar-refractivity contribution in [1.29, 1.82) is 0 Å². The highest BCUT2D eigenvalue weighted by Crippen LogP contribution is 2.31. The van der Waals surface area contributed by atoms with E-state index in [0.29, 0.717) is 22.9 Å². The zero-order chi connectivity index (χ0) is 20.8. The Kier molecular flexibility index (Phi) is 6.71. The Morgan fingerprint density at radius 3 is 2.66 bits per heavy atom. The molecule has 1 aromatic heterocycles. The summed E-state index contributed by atoms with van der Waals surface area (Å²) in [5.41, 5.74) is 0.286. The Morgan fingerprint density at radius 2 is 1.93 bits per heavy atom. The second kappa shape index (κ2) is 9.42. The molecule has 29 heavy (non-hydrogen) atoms. The molecule has 0 spiro atoms. The molecule has 1 aromatic carbocycles. The molecule has 9 heteroatoms. The van der Waals surface area contributed by atoms with Crippen LogP contribution in [0.5, 0.6) is 11.5 Å². The lowest BCUT2D eigenvalue weighted by atomic mass is 10.2. The molecule has 2 heterocycles. The molecule has 1 aliphatic heterocycles. The van der Waals surface area contributed by atoms with Crippen LogP contribution in [0.1, 0.15) is 29.1 Å². The van der Waals surface area contributed by atoms with Gasteiger partial charge < -0.3 is 24.3 Å². The average Bonchev–Trinajstić information content (AvgIpc) is 3.14. The van der Waals surface area contributed by atoms with E-state index >= 15 is 0 Å². The van der Waals surface area contributed by atoms with Crippen molar-refractivity contribution in [2.24, 2.45) is 0 Å². The van der Waals surface area contributed by atoms with Gasteiger partial charge in [0.05, 0.1) is 12.2 Å². The first-order valence-electron chi connectivity index (χ1n) is 9.16. The third-order valence-corrected chi connectivity index (χ3v) is 5.19. The first-order valence-corrected chi connectivity index (χ1v) is 9.98. The van der Waals surface area contributed by atoms with Gasteiger partial charge in [-0.2, -0.15) is 0 Å². The van der Waals surface area contributed by atoms with Crippen LogP contribution in [0, 0.1) is 0 Å². The number of nitrogens with one attached hydrogen (secondary N) is 1. The van der Waals surface area contributed by atoms with Crippen LogP contribution in [0.15, 0.2) is 30.3 Å². The second-order valence-corrected chi connectivity index (χ2v) is 7.19. The molecule has 0 saturated heterocycles. The number of carbonyl (C=O) groups is 3. The van der Waals surface area contributed by atoms with Gasteiger partial charge in [0.25, 0.3) is 5.91 Å². The van der Waals surface area contributed by atoms with Gasteiger partial charge in [-0.1, -0.05) is 19.1 Å². The number of carbonyl (C=O) groups excluding carboxylic acids is 3. The van der Waals surface area contributed by atoms with E-state index in [1.165, 1.54) is 11.3 Å². The monoisotopic (exact) mass is 419 g/mol. The van der Waals surface area contributed by atoms with Gasteiger partial charge >= 0.3 is 11.9 Å². The van der Waals surface area contributed by atoms with Crippen molar-refractivity contribution < 1.29 is 33.3 Å². The number of hydrogen-bond acceptors (Lipinski definition) is 8. The first-order chi connectivity index (χ1) is 14.0. The summed E-state index contributed by atoms with van der Waals surface area (Å²) in [4.78, 5) is 37.4. The molecule has 154 valence electrons. The Labute approximate surface area is 171 Å². The molecule has 0 aliphatic carbocycles. The molecule has 1 atom stereocenters. The summed E-state index contributed by atoms with van der Waals surface area (Å²) in [7, 11) is 0. The molecular weight excluding hydrogens is 398 g/mol. The van der Waals surface area contributed by atoms with Crippen molar-refractivity contribution in [2.75, 3.05) is 25.1 Å². The number of benzene rings is 1. The van der Waals surface area contributed by atoms with Crippen molar-refractivity contribution in [1.82, 2.24) is 0 Å². The lowest BCUT2D eigenvalue weighted by molar-refractivity contribution is -0.156. The van der Waals surface area contributed by atoms with Gasteiger partial charge in [0.1, 0.15) is 11.6 Å². The fourth-order valence-corrected chi connectivity index (χ4v) is 3.60. The molecule has 1 aliphatic rings. The number of hydrogen-bond donors (Lipinski definition) is 1. The van der Waals surface area contributed by atoms with E-state index in [-0.39, 0.29) is 18.8 Å². The van der Waals surface area contributed by atoms with E-state index in [1.807, 2.05) is 6.92 Å². The molecule has 0 radical (unpaired) electrons. The van der Waals surface area contributed by atoms with Crippen LogP contribution >= 0.6 is 11.3 Å². The van der Waals surface area contributed by atoms with Gasteiger partial charge in [-0.3, -0.25) is 4.79 Å². The summed E-state index contributed by atoms with van der Waals surface area (Å²) >= 11 is 1.28. The van der Waals surface area contributed by atoms with Gasteiger partial charge in [-0.15, -0.1) is 11.3 Å². The van der Waals surface area contributed by atoms with E-state index in [0.717, 1.165) is 4.88 Å². The molecule has 8 nitrogen and oxygen atoms in total. The SMILES string of the molecule is CCOC(=O)c1cc(CC)sc1NC(=O)COC(=O)C1COc2ccccc2O1. The normalized spacial score (nSPS) is 14.8. The highest BCUT2D eigenvalue weighted by atomic mass is 32.1. The quantitative estimate of drug-likeness (QED) is 0.689. The third kappa shape index (κ3) is 5.05. The number of fused-ring (bicyclic) bond motifs is 1. The van der Waals surface area contributed by atoms with Gasteiger partial charge in [0, 0.05) is 4.88 Å². The number of ether oxygens (including phenoxy) is 4. The number of thiophene rings is 1. The van der Waals surface area contributed by atoms with Crippen molar-refractivity contribution in [3.63, 3.8) is 0 Å². The number of aryl methyl sites for hydroxylation is 1. The van der Waals surface area contributed by atoms with Crippen LogP contribution < -0.4 is 14.8 Å². The predicted octanol–water partition coefficient (Wildman–Crippen LogP) is 2.81. The third-order valence-electron chi connectivity index (χ3n) is 4.00. The van der Waals surface area contributed by atoms with Gasteiger partial charge in [-0.25, -0.2) is 9.59 Å². The van der Waals surface area contributed by atoms with Gasteiger partial charge in [0.2, 0.25) is 6.10 Å². The number of amides is 1. The summed E-state index contributed by atoms with van der Waals surface area (Å²) in [5, 5.41) is 2.98. The fraction of sp³-hybridized carbons (Fsp3) is 0.350. The molecule has 1 N–H and O–H groups in total. The van der Waals surface area contributed by atoms with Crippen LogP contribution in [-0.4, -0.2) is 43.8 Å². The maximum Gasteiger partial charge on any atom is 0.351 e. The molecule has 0 bridgehead atoms. The molecule has 0 saturated carbocycles. The second-order valence-electron chi connectivity index (χ2n) is 6.05. The van der Waals surface area contributed by atoms with E-state index in [1.54, 1.807) is 37.3 Å². The first kappa shape index (κ1) is 20.7. The highest BCUT2D eigenvalue weighted by molar-refractivity contribution is 7.16. The van der Waals surface area contributed by atoms with Crippen LogP contribution in [0.25, 0.3) is 0 Å². The Balaban J connectivity index is 1.56. The molecule has 3 rings (SSSR count). The Hall–Kier alpha value is -3.07. The van der Waals surface area contributed by atoms with Crippen LogP contribution in [0.2, 0.25) is 0 Å². The summed E-state index contributed by atoms with van der Waals surface area (Å²) in [6, 6.07) is 8.66. The smallest absolute Gasteiger partial charge is 0.351 e. The van der Waals surface area contributed by atoms with E-state index < -0.39 is 30.6 Å². The van der Waals surface area contributed by atoms with Gasteiger partial charge in [0.15, 0.2) is 18.1 Å². The summed E-state index contributed by atoms with van der Waals surface area (Å²) < 4.78 is 21.1. The number of esters is 2. The van der Waals surface area contributed by atoms with Crippen molar-refractivity contribution in [3.8, 4) is 11.5 Å². The molecular formula is C20H21NO7S. The molecule has 1 unspecified atom stereocenters. The molecule has 2 aromatic rings. The van der Waals surface area contributed by atoms with Crippen LogP contribution in [0.3, 0.4) is 0 Å². The number of para-hydroxylation sites is 2. The maximum absolute atomic E-state index is 12.2. The minimum absolute atomic E-state index is 0.00471. The van der Waals surface area contributed by atoms with Crippen LogP contribution in [-0.2, 0) is 25.5 Å². The predicted molar refractivity (Wildman–Crippen MR) is 106 cm³/mol. The Bertz CT molecular complexity index is 908. The topological polar surface area (TPSA) is 100 Å². The minimum atomic E-state index is -0.957. The van der Waals surface area contributed by atoms with E-state index in [2.05, 4.69) is 5.32 Å². The Morgan fingerprint density at radius 1 is 1.17 bits per heavy atom. The zero-order valence-electron chi connectivity index (χ0n) is 16.1. The molecule has 1 amide bonds. The number of rotatable bonds is 7. The van der Waals surface area contributed by atoms with Crippen molar-refractivity contribution in [3.05, 3.63) is 40.8 Å². The fourth-order valence-electron chi connectivity index (χ4n) is 2.60. The standard InChI is InChI=1S/C20H21NO7S/c1-3-12-9-13(19(23)25-4-2)18(29-12)21-17(22)11-27-20(24)16-10-26-14-7-5-6-8-15(14)28-16/h5-9,16H,3-4,10-11H2,1-2H3,(H,21,22). The summed E-state index contributed by atoms with van der Waals surface area (Å²) in [5.74, 6) is -0.798. The lowest BCUT2D eigenvalue weighted by Crippen LogP contribution is -2.39. The minimum Gasteiger partial charge on any atom is -0.485 e. The van der Waals surface area contributed by atoms with Gasteiger partial charge in [-0.05, 0) is 31.5 Å². The lowest BCUT2D eigenvalue weighted by Gasteiger charge is -2.24. The largest absolute Gasteiger partial charge is 0.485 e. The highest BCUT2D eigenvalue weighted by Gasteiger charge is 2.29. The summed E-state index contributed by atoms with van der Waals surface area (Å²) in [6.45, 7) is 3.36. The van der Waals surface area contributed by atoms with Crippen molar-refractivity contribution in [2.45, 2.75) is 26.4 Å². The van der Waals surface area contributed by atoms with Crippen molar-refractivity contribution >= 4 is 34.2 Å². The van der Waals surface area contributed by atoms with E-state index in [9.17, 15) is 14.4 Å². The van der Waals surface area contributed by atoms with Crippen LogP contribution in [0.4, 0.5) is 5.00 Å². The summed E-state index contributed by atoms with van der Waals surface area (Å²) in [6.07, 6.45) is -0.246. The molecule has 0 fully saturated rings. The average molecular weight is 419 g/mol. The van der Waals surface area contributed by atoms with E-state index in [4.69, 9.17) is 18.9 Å². The zero-order valence-corrected chi connectivity index (χ0v) is 16.9. The maximum atomic E-state index is 12.2. The number of anilines is 1.